The van der Waals surface area contributed by atoms with E-state index in [0.29, 0.717) is 5.56 Å². The van der Waals surface area contributed by atoms with Gasteiger partial charge in [0.05, 0.1) is 0 Å². The van der Waals surface area contributed by atoms with E-state index in [-0.39, 0.29) is 11.8 Å². The molecular formula is C17H23NO3. The number of amides is 1. The summed E-state index contributed by atoms with van der Waals surface area (Å²) in [6.07, 6.45) is 7.44. The van der Waals surface area contributed by atoms with Crippen molar-refractivity contribution in [1.29, 1.82) is 0 Å². The van der Waals surface area contributed by atoms with Crippen LogP contribution in [0.2, 0.25) is 0 Å². The van der Waals surface area contributed by atoms with Crippen molar-refractivity contribution in [3.8, 4) is 0 Å². The molecule has 1 fully saturated rings. The second kappa shape index (κ2) is 7.81. The minimum absolute atomic E-state index is 0.0455. The van der Waals surface area contributed by atoms with Crippen molar-refractivity contribution < 1.29 is 14.7 Å². The van der Waals surface area contributed by atoms with Crippen molar-refractivity contribution in [2.75, 3.05) is 0 Å². The average Bonchev–Trinajstić information content (AvgIpc) is 2.44. The number of hydrogen-bond donors (Lipinski definition) is 2. The van der Waals surface area contributed by atoms with Crippen molar-refractivity contribution in [1.82, 2.24) is 5.32 Å². The lowest BCUT2D eigenvalue weighted by molar-refractivity contribution is -0.142. The fourth-order valence-corrected chi connectivity index (χ4v) is 2.91. The first-order valence-corrected chi connectivity index (χ1v) is 7.76. The molecule has 1 saturated carbocycles. The van der Waals surface area contributed by atoms with Gasteiger partial charge in [-0.15, -0.1) is 0 Å². The van der Waals surface area contributed by atoms with Crippen LogP contribution in [-0.4, -0.2) is 17.0 Å². The summed E-state index contributed by atoms with van der Waals surface area (Å²) in [5, 5.41) is 12.1. The van der Waals surface area contributed by atoms with Crippen LogP contribution in [-0.2, 0) is 9.59 Å². The summed E-state index contributed by atoms with van der Waals surface area (Å²) >= 11 is 0. The van der Waals surface area contributed by atoms with Crippen molar-refractivity contribution >= 4 is 11.9 Å². The number of aliphatic carboxylic acids is 1. The van der Waals surface area contributed by atoms with Gasteiger partial charge in [0.1, 0.15) is 0 Å². The Labute approximate surface area is 125 Å². The van der Waals surface area contributed by atoms with E-state index in [4.69, 9.17) is 0 Å². The fraction of sp³-hybridized carbons (Fsp3) is 0.529. The average molecular weight is 289 g/mol. The summed E-state index contributed by atoms with van der Waals surface area (Å²) in [7, 11) is 0. The lowest BCUT2D eigenvalue weighted by Gasteiger charge is -2.22. The van der Waals surface area contributed by atoms with Crippen molar-refractivity contribution in [3.63, 3.8) is 0 Å². The van der Waals surface area contributed by atoms with Crippen molar-refractivity contribution in [2.45, 2.75) is 51.0 Å². The minimum atomic E-state index is -1.01. The Kier molecular flexibility index (Phi) is 5.78. The van der Waals surface area contributed by atoms with Gasteiger partial charge in [0.15, 0.2) is 6.04 Å². The topological polar surface area (TPSA) is 66.4 Å². The largest absolute Gasteiger partial charge is 0.479 e. The normalized spacial score (nSPS) is 18.3. The van der Waals surface area contributed by atoms with Crippen LogP contribution < -0.4 is 5.32 Å². The molecule has 0 radical (unpaired) electrons. The van der Waals surface area contributed by atoms with Gasteiger partial charge in [0.2, 0.25) is 5.91 Å². The Morgan fingerprint density at radius 2 is 1.57 bits per heavy atom. The minimum Gasteiger partial charge on any atom is -0.479 e. The Morgan fingerprint density at radius 1 is 1.00 bits per heavy atom. The number of carbonyl (C=O) groups is 2. The number of carbonyl (C=O) groups excluding carboxylic acids is 1. The van der Waals surface area contributed by atoms with Gasteiger partial charge in [-0.1, -0.05) is 62.4 Å². The van der Waals surface area contributed by atoms with Gasteiger partial charge in [-0.25, -0.2) is 4.79 Å². The van der Waals surface area contributed by atoms with E-state index < -0.39 is 12.0 Å². The SMILES string of the molecule is O=C(N[C@@H](C(=O)O)c1ccccc1)C1CCCCCCC1. The quantitative estimate of drug-likeness (QED) is 0.893. The standard InChI is InChI=1S/C17H23NO3/c19-16(14-11-5-2-1-3-6-12-14)18-15(17(20)21)13-9-7-4-8-10-13/h4,7-10,14-15H,1-3,5-6,11-12H2,(H,18,19)(H,20,21)/t15-/m1/s1. The zero-order chi connectivity index (χ0) is 15.1. The molecule has 1 atom stereocenters. The predicted octanol–water partition coefficient (Wildman–Crippen LogP) is 3.29. The second-order valence-electron chi connectivity index (χ2n) is 5.73. The summed E-state index contributed by atoms with van der Waals surface area (Å²) in [6, 6.07) is 7.91. The first kappa shape index (κ1) is 15.5. The molecule has 114 valence electrons. The molecule has 0 spiro atoms. The third-order valence-electron chi connectivity index (χ3n) is 4.14. The zero-order valence-corrected chi connectivity index (χ0v) is 12.3. The summed E-state index contributed by atoms with van der Waals surface area (Å²) in [5.74, 6) is -1.18. The Balaban J connectivity index is 2.02. The predicted molar refractivity (Wildman–Crippen MR) is 80.8 cm³/mol. The molecule has 1 aromatic carbocycles. The number of rotatable bonds is 4. The van der Waals surface area contributed by atoms with Crippen LogP contribution >= 0.6 is 0 Å². The van der Waals surface area contributed by atoms with Gasteiger partial charge < -0.3 is 10.4 Å². The molecule has 21 heavy (non-hydrogen) atoms. The molecule has 0 aromatic heterocycles. The molecule has 4 nitrogen and oxygen atoms in total. The van der Waals surface area contributed by atoms with E-state index in [2.05, 4.69) is 5.32 Å². The zero-order valence-electron chi connectivity index (χ0n) is 12.3. The molecule has 0 aliphatic heterocycles. The highest BCUT2D eigenvalue weighted by Crippen LogP contribution is 2.23. The summed E-state index contributed by atoms with van der Waals surface area (Å²) in [4.78, 5) is 23.8. The molecule has 1 amide bonds. The van der Waals surface area contributed by atoms with Crippen molar-refractivity contribution in [3.05, 3.63) is 35.9 Å². The van der Waals surface area contributed by atoms with E-state index in [1.54, 1.807) is 24.3 Å². The fourth-order valence-electron chi connectivity index (χ4n) is 2.91. The molecule has 2 rings (SSSR count). The Morgan fingerprint density at radius 3 is 2.14 bits per heavy atom. The van der Waals surface area contributed by atoms with Crippen LogP contribution in [0.15, 0.2) is 30.3 Å². The highest BCUT2D eigenvalue weighted by molar-refractivity contribution is 5.85. The number of nitrogens with one attached hydrogen (secondary N) is 1. The maximum Gasteiger partial charge on any atom is 0.330 e. The first-order valence-electron chi connectivity index (χ1n) is 7.76. The number of carboxylic acid groups (broad SMARTS) is 1. The summed E-state index contributed by atoms with van der Waals surface area (Å²) < 4.78 is 0. The van der Waals surface area contributed by atoms with Crippen LogP contribution in [0.5, 0.6) is 0 Å². The van der Waals surface area contributed by atoms with E-state index >= 15 is 0 Å². The molecule has 0 heterocycles. The molecule has 4 heteroatoms. The van der Waals surface area contributed by atoms with Crippen LogP contribution in [0, 0.1) is 5.92 Å². The highest BCUT2D eigenvalue weighted by Gasteiger charge is 2.26. The Hall–Kier alpha value is -1.84. The second-order valence-corrected chi connectivity index (χ2v) is 5.73. The molecule has 0 unspecified atom stereocenters. The summed E-state index contributed by atoms with van der Waals surface area (Å²) in [6.45, 7) is 0. The van der Waals surface area contributed by atoms with Crippen LogP contribution in [0.1, 0.15) is 56.6 Å². The van der Waals surface area contributed by atoms with Crippen LogP contribution in [0.25, 0.3) is 0 Å². The lowest BCUT2D eigenvalue weighted by atomic mass is 9.90. The lowest BCUT2D eigenvalue weighted by Crippen LogP contribution is -2.38. The maximum absolute atomic E-state index is 12.4. The number of hydrogen-bond acceptors (Lipinski definition) is 2. The van der Waals surface area contributed by atoms with Gasteiger partial charge in [0.25, 0.3) is 0 Å². The van der Waals surface area contributed by atoms with E-state index in [9.17, 15) is 14.7 Å². The molecule has 1 aliphatic carbocycles. The molecule has 0 bridgehead atoms. The monoisotopic (exact) mass is 289 g/mol. The smallest absolute Gasteiger partial charge is 0.330 e. The third kappa shape index (κ3) is 4.59. The molecule has 2 N–H and O–H groups in total. The van der Waals surface area contributed by atoms with E-state index in [1.165, 1.54) is 19.3 Å². The maximum atomic E-state index is 12.4. The molecular weight excluding hydrogens is 266 g/mol. The first-order chi connectivity index (χ1) is 10.2. The summed E-state index contributed by atoms with van der Waals surface area (Å²) in [5.41, 5.74) is 0.615. The highest BCUT2D eigenvalue weighted by atomic mass is 16.4. The third-order valence-corrected chi connectivity index (χ3v) is 4.14. The van der Waals surface area contributed by atoms with E-state index in [0.717, 1.165) is 25.7 Å². The van der Waals surface area contributed by atoms with Gasteiger partial charge >= 0.3 is 5.97 Å². The molecule has 0 saturated heterocycles. The number of benzene rings is 1. The Bertz CT molecular complexity index is 464. The van der Waals surface area contributed by atoms with Crippen LogP contribution in [0.4, 0.5) is 0 Å². The van der Waals surface area contributed by atoms with Gasteiger partial charge in [-0.3, -0.25) is 4.79 Å². The van der Waals surface area contributed by atoms with Crippen molar-refractivity contribution in [2.24, 2.45) is 5.92 Å². The van der Waals surface area contributed by atoms with E-state index in [1.807, 2.05) is 6.07 Å². The van der Waals surface area contributed by atoms with Gasteiger partial charge in [-0.2, -0.15) is 0 Å². The molecule has 1 aliphatic rings. The molecule has 1 aromatic rings. The van der Waals surface area contributed by atoms with Gasteiger partial charge in [0, 0.05) is 5.92 Å². The number of carboxylic acids is 1. The van der Waals surface area contributed by atoms with Gasteiger partial charge in [-0.05, 0) is 18.4 Å². The van der Waals surface area contributed by atoms with Crippen LogP contribution in [0.3, 0.4) is 0 Å².